The molecule has 0 bridgehead atoms. The van der Waals surface area contributed by atoms with E-state index in [2.05, 4.69) is 4.98 Å². The van der Waals surface area contributed by atoms with Gasteiger partial charge in [-0.25, -0.2) is 4.79 Å². The van der Waals surface area contributed by atoms with Crippen LogP contribution in [0.25, 0.3) is 11.3 Å². The van der Waals surface area contributed by atoms with Crippen LogP contribution in [0.1, 0.15) is 18.4 Å². The van der Waals surface area contributed by atoms with Gasteiger partial charge in [-0.05, 0) is 43.0 Å². The van der Waals surface area contributed by atoms with Crippen molar-refractivity contribution in [3.05, 3.63) is 40.3 Å². The Morgan fingerprint density at radius 3 is 3.08 bits per heavy atom. The lowest BCUT2D eigenvalue weighted by Crippen LogP contribution is -2.29. The largest absolute Gasteiger partial charge is 0.479 e. The highest BCUT2D eigenvalue weighted by Crippen LogP contribution is 2.32. The number of benzene rings is 1. The Bertz CT molecular complexity index is 910. The summed E-state index contributed by atoms with van der Waals surface area (Å²) >= 11 is 0. The number of nitriles is 1. The van der Waals surface area contributed by atoms with Crippen molar-refractivity contribution < 1.29 is 14.2 Å². The van der Waals surface area contributed by atoms with Gasteiger partial charge in [0.2, 0.25) is 5.88 Å². The lowest BCUT2D eigenvalue weighted by atomic mass is 9.97. The molecular weight excluding hydrogens is 334 g/mol. The highest BCUT2D eigenvalue weighted by Gasteiger charge is 2.21. The monoisotopic (exact) mass is 353 g/mol. The minimum absolute atomic E-state index is 0.0139. The first-order valence-corrected chi connectivity index (χ1v) is 8.74. The Balaban J connectivity index is 1.61. The summed E-state index contributed by atoms with van der Waals surface area (Å²) in [7, 11) is 0. The van der Waals surface area contributed by atoms with E-state index in [1.54, 1.807) is 4.57 Å². The Morgan fingerprint density at radius 1 is 1.35 bits per heavy atom. The number of ether oxygens (including phenoxy) is 3. The van der Waals surface area contributed by atoms with E-state index in [9.17, 15) is 4.79 Å². The molecule has 0 saturated carbocycles. The van der Waals surface area contributed by atoms with Crippen LogP contribution >= 0.6 is 0 Å². The molecule has 1 aromatic carbocycles. The van der Waals surface area contributed by atoms with Crippen molar-refractivity contribution in [2.75, 3.05) is 19.8 Å². The molecule has 26 heavy (non-hydrogen) atoms. The van der Waals surface area contributed by atoms with E-state index in [0.29, 0.717) is 31.2 Å². The van der Waals surface area contributed by atoms with E-state index in [1.807, 2.05) is 30.3 Å². The van der Waals surface area contributed by atoms with Crippen LogP contribution in [-0.4, -0.2) is 35.5 Å². The Hall–Kier alpha value is -2.85. The minimum Gasteiger partial charge on any atom is -0.479 e. The molecule has 2 aliphatic heterocycles. The van der Waals surface area contributed by atoms with Crippen molar-refractivity contribution >= 4 is 0 Å². The molecule has 2 aliphatic rings. The second kappa shape index (κ2) is 7.18. The van der Waals surface area contributed by atoms with Gasteiger partial charge in [-0.1, -0.05) is 0 Å². The van der Waals surface area contributed by atoms with Gasteiger partial charge < -0.3 is 14.2 Å². The van der Waals surface area contributed by atoms with Crippen molar-refractivity contribution in [1.82, 2.24) is 9.55 Å². The van der Waals surface area contributed by atoms with E-state index < -0.39 is 0 Å². The number of aromatic nitrogens is 2. The zero-order chi connectivity index (χ0) is 17.9. The number of rotatable bonds is 5. The Labute approximate surface area is 150 Å². The first-order valence-electron chi connectivity index (χ1n) is 8.74. The molecular formula is C19H19N3O4. The molecule has 4 rings (SSSR count). The van der Waals surface area contributed by atoms with Gasteiger partial charge in [-0.3, -0.25) is 4.57 Å². The van der Waals surface area contributed by atoms with Crippen LogP contribution in [0.5, 0.6) is 11.6 Å². The van der Waals surface area contributed by atoms with Crippen molar-refractivity contribution in [2.24, 2.45) is 0 Å². The van der Waals surface area contributed by atoms with Crippen LogP contribution in [0.2, 0.25) is 0 Å². The molecule has 134 valence electrons. The topological polar surface area (TPSA) is 86.4 Å². The second-order valence-corrected chi connectivity index (χ2v) is 6.38. The average molecular weight is 353 g/mol. The van der Waals surface area contributed by atoms with Gasteiger partial charge in [-0.15, -0.1) is 0 Å². The molecule has 7 heteroatoms. The van der Waals surface area contributed by atoms with Crippen molar-refractivity contribution in [2.45, 2.75) is 31.9 Å². The summed E-state index contributed by atoms with van der Waals surface area (Å²) in [5, 5.41) is 8.64. The van der Waals surface area contributed by atoms with Crippen LogP contribution in [0.4, 0.5) is 0 Å². The lowest BCUT2D eigenvalue weighted by molar-refractivity contribution is 0.0661. The Kier molecular flexibility index (Phi) is 4.59. The van der Waals surface area contributed by atoms with Gasteiger partial charge in [0.25, 0.3) is 0 Å². The third kappa shape index (κ3) is 3.28. The molecule has 0 aliphatic carbocycles. The van der Waals surface area contributed by atoms with Gasteiger partial charge in [0.1, 0.15) is 18.4 Å². The van der Waals surface area contributed by atoms with Crippen LogP contribution < -0.4 is 15.2 Å². The number of hydrogen-bond donors (Lipinski definition) is 0. The van der Waals surface area contributed by atoms with Gasteiger partial charge in [0.15, 0.2) is 6.61 Å². The molecule has 2 aromatic rings. The normalized spacial score (nSPS) is 17.9. The van der Waals surface area contributed by atoms with Crippen LogP contribution in [-0.2, 0) is 17.7 Å². The van der Waals surface area contributed by atoms with Gasteiger partial charge in [0.05, 0.1) is 11.8 Å². The number of fused-ring (bicyclic) bond motifs is 3. The maximum absolute atomic E-state index is 12.4. The fourth-order valence-corrected chi connectivity index (χ4v) is 3.42. The quantitative estimate of drug-likeness (QED) is 0.816. The predicted octanol–water partition coefficient (Wildman–Crippen LogP) is 1.93. The molecule has 1 fully saturated rings. The molecule has 1 unspecified atom stereocenters. The van der Waals surface area contributed by atoms with Crippen LogP contribution in [0.15, 0.2) is 29.1 Å². The first-order chi connectivity index (χ1) is 12.7. The van der Waals surface area contributed by atoms with Gasteiger partial charge >= 0.3 is 5.69 Å². The SMILES string of the molecule is N#CCOc1ccc2c(c1)CCn1c-2cc(OCC2CCCO2)nc1=O. The fraction of sp³-hybridized carbons (Fsp3) is 0.421. The van der Waals surface area contributed by atoms with Crippen LogP contribution in [0, 0.1) is 11.3 Å². The van der Waals surface area contributed by atoms with Crippen molar-refractivity contribution in [3.8, 4) is 29.0 Å². The molecule has 0 radical (unpaired) electrons. The summed E-state index contributed by atoms with van der Waals surface area (Å²) < 4.78 is 18.3. The standard InChI is InChI=1S/C19H19N3O4/c20-6-9-25-14-3-4-16-13(10-14)5-7-22-17(16)11-18(21-19(22)23)26-12-15-2-1-8-24-15/h3-4,10-11,15H,1-2,5,7-9,12H2. The highest BCUT2D eigenvalue weighted by atomic mass is 16.5. The van der Waals surface area contributed by atoms with Gasteiger partial charge in [-0.2, -0.15) is 10.2 Å². The highest BCUT2D eigenvalue weighted by molar-refractivity contribution is 5.67. The number of nitrogens with zero attached hydrogens (tertiary/aromatic N) is 3. The second-order valence-electron chi connectivity index (χ2n) is 6.38. The van der Waals surface area contributed by atoms with Crippen molar-refractivity contribution in [1.29, 1.82) is 5.26 Å². The smallest absolute Gasteiger partial charge is 0.351 e. The number of aryl methyl sites for hydroxylation is 1. The average Bonchev–Trinajstić information content (AvgIpc) is 3.18. The molecule has 1 saturated heterocycles. The summed E-state index contributed by atoms with van der Waals surface area (Å²) in [6.07, 6.45) is 2.79. The third-order valence-electron chi connectivity index (χ3n) is 4.69. The maximum atomic E-state index is 12.4. The molecule has 7 nitrogen and oxygen atoms in total. The van der Waals surface area contributed by atoms with E-state index >= 15 is 0 Å². The molecule has 3 heterocycles. The lowest BCUT2D eigenvalue weighted by Gasteiger charge is -2.22. The third-order valence-corrected chi connectivity index (χ3v) is 4.69. The summed E-state index contributed by atoms with van der Waals surface area (Å²) in [4.78, 5) is 16.4. The predicted molar refractivity (Wildman–Crippen MR) is 93.2 cm³/mol. The summed E-state index contributed by atoms with van der Waals surface area (Å²) in [6.45, 7) is 1.74. The van der Waals surface area contributed by atoms with E-state index in [-0.39, 0.29) is 18.4 Å². The zero-order valence-corrected chi connectivity index (χ0v) is 14.3. The Morgan fingerprint density at radius 2 is 2.27 bits per heavy atom. The maximum Gasteiger partial charge on any atom is 0.351 e. The number of hydrogen-bond acceptors (Lipinski definition) is 6. The summed E-state index contributed by atoms with van der Waals surface area (Å²) in [5.41, 5.74) is 2.53. The molecule has 0 N–H and O–H groups in total. The van der Waals surface area contributed by atoms with E-state index in [4.69, 9.17) is 19.5 Å². The minimum atomic E-state index is -0.305. The fourth-order valence-electron chi connectivity index (χ4n) is 3.42. The first kappa shape index (κ1) is 16.6. The van der Waals surface area contributed by atoms with E-state index in [1.165, 1.54) is 0 Å². The van der Waals surface area contributed by atoms with Gasteiger partial charge in [0, 0.05) is 24.8 Å². The zero-order valence-electron chi connectivity index (χ0n) is 14.3. The molecule has 0 amide bonds. The molecule has 0 spiro atoms. The van der Waals surface area contributed by atoms with Crippen molar-refractivity contribution in [3.63, 3.8) is 0 Å². The summed E-state index contributed by atoms with van der Waals surface area (Å²) in [6, 6.07) is 9.42. The van der Waals surface area contributed by atoms with E-state index in [0.717, 1.165) is 36.3 Å². The molecule has 1 aromatic heterocycles. The van der Waals surface area contributed by atoms with Crippen LogP contribution in [0.3, 0.4) is 0 Å². The summed E-state index contributed by atoms with van der Waals surface area (Å²) in [5.74, 6) is 0.986. The molecule has 1 atom stereocenters.